The number of nitrogens with zero attached hydrogens (tertiary/aromatic N) is 1. The first-order valence-corrected chi connectivity index (χ1v) is 6.32. The highest BCUT2D eigenvalue weighted by Crippen LogP contribution is 2.24. The Morgan fingerprint density at radius 2 is 2.05 bits per heavy atom. The van der Waals surface area contributed by atoms with Crippen LogP contribution in [0.3, 0.4) is 0 Å². The molecule has 1 N–H and O–H groups in total. The molecule has 2 rings (SSSR count). The van der Waals surface area contributed by atoms with E-state index in [-0.39, 0.29) is 11.5 Å². The predicted octanol–water partition coefficient (Wildman–Crippen LogP) is 1.65. The maximum atomic E-state index is 11.9. The molecule has 1 aliphatic heterocycles. The summed E-state index contributed by atoms with van der Waals surface area (Å²) in [5, 5.41) is 8.94. The Morgan fingerprint density at radius 1 is 1.32 bits per heavy atom. The smallest absolute Gasteiger partial charge is 0.335 e. The molecule has 5 nitrogen and oxygen atoms in total. The monoisotopic (exact) mass is 263 g/mol. The molecule has 1 aromatic rings. The van der Waals surface area contributed by atoms with E-state index in [2.05, 4.69) is 0 Å². The van der Waals surface area contributed by atoms with Gasteiger partial charge in [0.1, 0.15) is 0 Å². The molecule has 0 saturated carbocycles. The van der Waals surface area contributed by atoms with Crippen molar-refractivity contribution in [2.75, 3.05) is 13.2 Å². The van der Waals surface area contributed by atoms with Crippen molar-refractivity contribution in [1.29, 1.82) is 0 Å². The molecule has 0 saturated heterocycles. The van der Waals surface area contributed by atoms with Crippen LogP contribution in [0, 0.1) is 0 Å². The summed E-state index contributed by atoms with van der Waals surface area (Å²) in [6.07, 6.45) is 0.369. The van der Waals surface area contributed by atoms with Crippen molar-refractivity contribution in [2.45, 2.75) is 26.4 Å². The zero-order chi connectivity index (χ0) is 13.8. The summed E-state index contributed by atoms with van der Waals surface area (Å²) < 4.78 is 5.17. The van der Waals surface area contributed by atoms with Crippen LogP contribution in [0.2, 0.25) is 0 Å². The van der Waals surface area contributed by atoms with Crippen LogP contribution in [0.25, 0.3) is 0 Å². The topological polar surface area (TPSA) is 66.8 Å². The van der Waals surface area contributed by atoms with E-state index >= 15 is 0 Å². The van der Waals surface area contributed by atoms with Gasteiger partial charge in [0.2, 0.25) is 5.91 Å². The Kier molecular flexibility index (Phi) is 4.16. The third-order valence-electron chi connectivity index (χ3n) is 3.19. The largest absolute Gasteiger partial charge is 0.478 e. The minimum atomic E-state index is -0.941. The lowest BCUT2D eigenvalue weighted by Gasteiger charge is -2.15. The van der Waals surface area contributed by atoms with E-state index in [0.717, 1.165) is 11.1 Å². The molecule has 5 heteroatoms. The average molecular weight is 263 g/mol. The van der Waals surface area contributed by atoms with Crippen LogP contribution >= 0.6 is 0 Å². The summed E-state index contributed by atoms with van der Waals surface area (Å²) in [6.45, 7) is 3.98. The number of aromatic carboxylic acids is 1. The van der Waals surface area contributed by atoms with Gasteiger partial charge in [-0.15, -0.1) is 0 Å². The molecule has 1 amide bonds. The lowest BCUT2D eigenvalue weighted by atomic mass is 10.1. The van der Waals surface area contributed by atoms with Gasteiger partial charge >= 0.3 is 5.97 Å². The molecule has 0 bridgehead atoms. The van der Waals surface area contributed by atoms with Gasteiger partial charge in [-0.3, -0.25) is 4.79 Å². The van der Waals surface area contributed by atoms with Crippen LogP contribution in [-0.4, -0.2) is 35.1 Å². The Balaban J connectivity index is 1.99. The van der Waals surface area contributed by atoms with Crippen molar-refractivity contribution < 1.29 is 19.4 Å². The number of carbonyl (C=O) groups excluding carboxylic acids is 1. The van der Waals surface area contributed by atoms with E-state index in [1.807, 2.05) is 6.92 Å². The SMILES string of the molecule is CCOCCC(=O)N1Cc2ccc(C(=O)O)cc2C1. The van der Waals surface area contributed by atoms with Gasteiger partial charge in [-0.1, -0.05) is 6.07 Å². The fourth-order valence-corrected chi connectivity index (χ4v) is 2.17. The number of fused-ring (bicyclic) bond motifs is 1. The number of carbonyl (C=O) groups is 2. The molecule has 0 unspecified atom stereocenters. The number of ether oxygens (including phenoxy) is 1. The Labute approximate surface area is 111 Å². The summed E-state index contributed by atoms with van der Waals surface area (Å²) in [4.78, 5) is 24.6. The third kappa shape index (κ3) is 3.12. The third-order valence-corrected chi connectivity index (χ3v) is 3.19. The Hall–Kier alpha value is -1.88. The van der Waals surface area contributed by atoms with E-state index in [4.69, 9.17) is 9.84 Å². The summed E-state index contributed by atoms with van der Waals surface area (Å²) in [6, 6.07) is 5.01. The molecular formula is C14H17NO4. The van der Waals surface area contributed by atoms with E-state index in [1.165, 1.54) is 0 Å². The number of rotatable bonds is 5. The van der Waals surface area contributed by atoms with Gasteiger partial charge < -0.3 is 14.7 Å². The molecule has 0 aromatic heterocycles. The zero-order valence-corrected chi connectivity index (χ0v) is 10.9. The van der Waals surface area contributed by atoms with Crippen LogP contribution in [-0.2, 0) is 22.6 Å². The van der Waals surface area contributed by atoms with Crippen LogP contribution in [0.5, 0.6) is 0 Å². The fraction of sp³-hybridized carbons (Fsp3) is 0.429. The molecular weight excluding hydrogens is 246 g/mol. The zero-order valence-electron chi connectivity index (χ0n) is 10.9. The van der Waals surface area contributed by atoms with Crippen molar-refractivity contribution in [3.63, 3.8) is 0 Å². The first-order chi connectivity index (χ1) is 9.11. The average Bonchev–Trinajstić information content (AvgIpc) is 2.81. The van der Waals surface area contributed by atoms with Crippen LogP contribution < -0.4 is 0 Å². The summed E-state index contributed by atoms with van der Waals surface area (Å²) in [5.41, 5.74) is 2.21. The number of carboxylic acids is 1. The van der Waals surface area contributed by atoms with Gasteiger partial charge in [0, 0.05) is 19.7 Å². The Bertz CT molecular complexity index is 498. The molecule has 0 spiro atoms. The molecule has 0 aliphatic carbocycles. The maximum absolute atomic E-state index is 11.9. The second kappa shape index (κ2) is 5.84. The van der Waals surface area contributed by atoms with E-state index in [9.17, 15) is 9.59 Å². The number of carboxylic acid groups (broad SMARTS) is 1. The molecule has 102 valence electrons. The molecule has 0 atom stereocenters. The highest BCUT2D eigenvalue weighted by Gasteiger charge is 2.23. The van der Waals surface area contributed by atoms with Gasteiger partial charge in [-0.2, -0.15) is 0 Å². The highest BCUT2D eigenvalue weighted by molar-refractivity contribution is 5.88. The number of benzene rings is 1. The minimum absolute atomic E-state index is 0.0431. The summed E-state index contributed by atoms with van der Waals surface area (Å²) in [5.74, 6) is -0.898. The molecule has 0 radical (unpaired) electrons. The molecule has 19 heavy (non-hydrogen) atoms. The van der Waals surface area contributed by atoms with Crippen molar-refractivity contribution in [3.8, 4) is 0 Å². The van der Waals surface area contributed by atoms with E-state index in [0.29, 0.717) is 32.7 Å². The number of hydrogen-bond acceptors (Lipinski definition) is 3. The fourth-order valence-electron chi connectivity index (χ4n) is 2.17. The van der Waals surface area contributed by atoms with Crippen molar-refractivity contribution in [1.82, 2.24) is 4.90 Å². The first kappa shape index (κ1) is 13.5. The van der Waals surface area contributed by atoms with Gasteiger partial charge in [-0.25, -0.2) is 4.79 Å². The molecule has 0 fully saturated rings. The van der Waals surface area contributed by atoms with Gasteiger partial charge in [-0.05, 0) is 30.2 Å². The summed E-state index contributed by atoms with van der Waals surface area (Å²) >= 11 is 0. The van der Waals surface area contributed by atoms with E-state index in [1.54, 1.807) is 23.1 Å². The van der Waals surface area contributed by atoms with E-state index < -0.39 is 5.97 Å². The van der Waals surface area contributed by atoms with Gasteiger partial charge in [0.15, 0.2) is 0 Å². The molecule has 1 aliphatic rings. The van der Waals surface area contributed by atoms with Crippen molar-refractivity contribution >= 4 is 11.9 Å². The van der Waals surface area contributed by atoms with Crippen molar-refractivity contribution in [2.24, 2.45) is 0 Å². The second-order valence-corrected chi connectivity index (χ2v) is 4.49. The van der Waals surface area contributed by atoms with Gasteiger partial charge in [0.05, 0.1) is 18.6 Å². The van der Waals surface area contributed by atoms with Crippen LogP contribution in [0.1, 0.15) is 34.8 Å². The van der Waals surface area contributed by atoms with Gasteiger partial charge in [0.25, 0.3) is 0 Å². The lowest BCUT2D eigenvalue weighted by molar-refractivity contribution is -0.132. The van der Waals surface area contributed by atoms with Crippen molar-refractivity contribution in [3.05, 3.63) is 34.9 Å². The lowest BCUT2D eigenvalue weighted by Crippen LogP contribution is -2.26. The molecule has 1 heterocycles. The normalized spacial score (nSPS) is 13.4. The van der Waals surface area contributed by atoms with Crippen LogP contribution in [0.15, 0.2) is 18.2 Å². The molecule has 1 aromatic carbocycles. The Morgan fingerprint density at radius 3 is 2.74 bits per heavy atom. The number of amides is 1. The maximum Gasteiger partial charge on any atom is 0.335 e. The first-order valence-electron chi connectivity index (χ1n) is 6.32. The number of hydrogen-bond donors (Lipinski definition) is 1. The quantitative estimate of drug-likeness (QED) is 0.820. The summed E-state index contributed by atoms with van der Waals surface area (Å²) in [7, 11) is 0. The van der Waals surface area contributed by atoms with Crippen LogP contribution in [0.4, 0.5) is 0 Å². The predicted molar refractivity (Wildman–Crippen MR) is 68.8 cm³/mol. The second-order valence-electron chi connectivity index (χ2n) is 4.49. The standard InChI is InChI=1S/C14H17NO4/c1-2-19-6-5-13(16)15-8-11-4-3-10(14(17)18)7-12(11)9-15/h3-4,7H,2,5-6,8-9H2,1H3,(H,17,18). The minimum Gasteiger partial charge on any atom is -0.478 e. The highest BCUT2D eigenvalue weighted by atomic mass is 16.5.